The number of rotatable bonds is 5. The highest BCUT2D eigenvalue weighted by molar-refractivity contribution is 7.94. The Hall–Kier alpha value is -0.960. The Morgan fingerprint density at radius 2 is 1.95 bits per heavy atom. The maximum Gasteiger partial charge on any atom is 0.273 e. The summed E-state index contributed by atoms with van der Waals surface area (Å²) < 4.78 is 27.5. The van der Waals surface area contributed by atoms with Crippen molar-refractivity contribution in [2.75, 3.05) is 11.8 Å². The molecule has 110 valence electrons. The van der Waals surface area contributed by atoms with E-state index in [0.717, 1.165) is 21.0 Å². The Balaban J connectivity index is 2.28. The molecule has 0 radical (unpaired) electrons. The summed E-state index contributed by atoms with van der Waals surface area (Å²) >= 11 is 2.63. The second kappa shape index (κ2) is 5.80. The number of nitrogens with zero attached hydrogens (tertiary/aromatic N) is 1. The van der Waals surface area contributed by atoms with Gasteiger partial charge in [-0.05, 0) is 39.4 Å². The van der Waals surface area contributed by atoms with Gasteiger partial charge in [0.25, 0.3) is 10.0 Å². The zero-order valence-electron chi connectivity index (χ0n) is 11.8. The minimum absolute atomic E-state index is 0.325. The summed E-state index contributed by atoms with van der Waals surface area (Å²) in [5.74, 6) is 0. The first-order valence-corrected chi connectivity index (χ1v) is 9.16. The van der Waals surface area contributed by atoms with Crippen LogP contribution in [0, 0.1) is 20.8 Å². The molecule has 5 nitrogen and oxygen atoms in total. The summed E-state index contributed by atoms with van der Waals surface area (Å²) in [4.78, 5) is 6.25. The van der Waals surface area contributed by atoms with Crippen molar-refractivity contribution in [3.63, 3.8) is 0 Å². The summed E-state index contributed by atoms with van der Waals surface area (Å²) in [6.07, 6.45) is 0. The number of aryl methyl sites for hydroxylation is 3. The van der Waals surface area contributed by atoms with Gasteiger partial charge in [-0.1, -0.05) is 0 Å². The largest absolute Gasteiger partial charge is 0.315 e. The number of hydrogen-bond acceptors (Lipinski definition) is 6. The first-order chi connectivity index (χ1) is 9.33. The van der Waals surface area contributed by atoms with Crippen LogP contribution < -0.4 is 10.0 Å². The Morgan fingerprint density at radius 1 is 1.25 bits per heavy atom. The lowest BCUT2D eigenvalue weighted by Gasteiger charge is -2.01. The molecule has 20 heavy (non-hydrogen) atoms. The van der Waals surface area contributed by atoms with Gasteiger partial charge in [0.1, 0.15) is 4.21 Å². The van der Waals surface area contributed by atoms with Crippen LogP contribution in [0.15, 0.2) is 10.3 Å². The smallest absolute Gasteiger partial charge is 0.273 e. The fraction of sp³-hybridized carbons (Fsp3) is 0.417. The van der Waals surface area contributed by atoms with Crippen molar-refractivity contribution in [2.45, 2.75) is 31.5 Å². The van der Waals surface area contributed by atoms with Gasteiger partial charge in [0.2, 0.25) is 0 Å². The van der Waals surface area contributed by atoms with Crippen molar-refractivity contribution in [3.05, 3.63) is 27.1 Å². The van der Waals surface area contributed by atoms with Gasteiger partial charge in [-0.3, -0.25) is 4.72 Å². The molecule has 0 fully saturated rings. The van der Waals surface area contributed by atoms with Crippen molar-refractivity contribution in [1.29, 1.82) is 0 Å². The van der Waals surface area contributed by atoms with E-state index in [-0.39, 0.29) is 0 Å². The standard InChI is InChI=1S/C12H17N3O2S3/c1-7-5-11(19-10(7)6-13-4)20(16,17)15-12-14-8(2)9(3)18-12/h5,13H,6H2,1-4H3,(H,14,15). The molecule has 0 aliphatic carbocycles. The van der Waals surface area contributed by atoms with Crippen molar-refractivity contribution in [2.24, 2.45) is 0 Å². The minimum atomic E-state index is -3.55. The molecule has 0 saturated heterocycles. The van der Waals surface area contributed by atoms with Gasteiger partial charge in [0, 0.05) is 16.3 Å². The molecule has 0 saturated carbocycles. The van der Waals surface area contributed by atoms with E-state index in [9.17, 15) is 8.42 Å². The molecule has 0 aromatic carbocycles. The van der Waals surface area contributed by atoms with Crippen LogP contribution in [-0.2, 0) is 16.6 Å². The molecular formula is C12H17N3O2S3. The molecule has 0 spiro atoms. The third kappa shape index (κ3) is 3.20. The molecular weight excluding hydrogens is 314 g/mol. The van der Waals surface area contributed by atoms with Crippen molar-refractivity contribution < 1.29 is 8.42 Å². The highest BCUT2D eigenvalue weighted by Crippen LogP contribution is 2.29. The molecule has 0 aliphatic rings. The predicted molar refractivity (Wildman–Crippen MR) is 84.2 cm³/mol. The molecule has 2 N–H and O–H groups in total. The van der Waals surface area contributed by atoms with E-state index in [0.29, 0.717) is 15.9 Å². The summed E-state index contributed by atoms with van der Waals surface area (Å²) in [6, 6.07) is 1.70. The van der Waals surface area contributed by atoms with Crippen LogP contribution in [0.25, 0.3) is 0 Å². The summed E-state index contributed by atoms with van der Waals surface area (Å²) in [7, 11) is -1.71. The van der Waals surface area contributed by atoms with Gasteiger partial charge >= 0.3 is 0 Å². The SMILES string of the molecule is CNCc1sc(S(=O)(=O)Nc2nc(C)c(C)s2)cc1C. The Labute approximate surface area is 127 Å². The number of hydrogen-bond donors (Lipinski definition) is 2. The Kier molecular flexibility index (Phi) is 4.48. The molecule has 2 aromatic heterocycles. The van der Waals surface area contributed by atoms with Crippen LogP contribution >= 0.6 is 22.7 Å². The third-order valence-corrected chi connectivity index (χ3v) is 7.02. The van der Waals surface area contributed by atoms with Gasteiger partial charge < -0.3 is 5.32 Å². The number of thiophene rings is 1. The van der Waals surface area contributed by atoms with Gasteiger partial charge in [-0.15, -0.1) is 22.7 Å². The lowest BCUT2D eigenvalue weighted by molar-refractivity contribution is 0.603. The maximum absolute atomic E-state index is 12.3. The first-order valence-electron chi connectivity index (χ1n) is 6.04. The van der Waals surface area contributed by atoms with Crippen molar-refractivity contribution >= 4 is 37.8 Å². The van der Waals surface area contributed by atoms with E-state index in [2.05, 4.69) is 15.0 Å². The fourth-order valence-electron chi connectivity index (χ4n) is 1.64. The fourth-order valence-corrected chi connectivity index (χ4v) is 5.29. The highest BCUT2D eigenvalue weighted by atomic mass is 32.2. The molecule has 8 heteroatoms. The lowest BCUT2D eigenvalue weighted by atomic mass is 10.3. The molecule has 2 heterocycles. The minimum Gasteiger partial charge on any atom is -0.315 e. The zero-order chi connectivity index (χ0) is 14.9. The van der Waals surface area contributed by atoms with Gasteiger partial charge in [-0.25, -0.2) is 13.4 Å². The third-order valence-electron chi connectivity index (χ3n) is 2.85. The summed E-state index contributed by atoms with van der Waals surface area (Å²) in [5, 5.41) is 3.45. The number of nitrogens with one attached hydrogen (secondary N) is 2. The molecule has 0 bridgehead atoms. The second-order valence-corrected chi connectivity index (χ2v) is 8.72. The second-order valence-electron chi connectivity index (χ2n) is 4.47. The van der Waals surface area contributed by atoms with E-state index >= 15 is 0 Å². The number of anilines is 1. The number of thiazole rings is 1. The molecule has 0 unspecified atom stereocenters. The maximum atomic E-state index is 12.3. The van der Waals surface area contributed by atoms with E-state index < -0.39 is 10.0 Å². The monoisotopic (exact) mass is 331 g/mol. The Morgan fingerprint density at radius 3 is 2.50 bits per heavy atom. The van der Waals surface area contributed by atoms with E-state index in [1.807, 2.05) is 27.8 Å². The van der Waals surface area contributed by atoms with Crippen LogP contribution in [0.3, 0.4) is 0 Å². The lowest BCUT2D eigenvalue weighted by Crippen LogP contribution is -2.11. The quantitative estimate of drug-likeness (QED) is 0.883. The van der Waals surface area contributed by atoms with Crippen LogP contribution in [0.5, 0.6) is 0 Å². The topological polar surface area (TPSA) is 71.1 Å². The molecule has 2 rings (SSSR count). The summed E-state index contributed by atoms with van der Waals surface area (Å²) in [5.41, 5.74) is 1.84. The molecule has 0 aliphatic heterocycles. The van der Waals surface area contributed by atoms with Gasteiger partial charge in [0.05, 0.1) is 5.69 Å². The van der Waals surface area contributed by atoms with Crippen molar-refractivity contribution in [1.82, 2.24) is 10.3 Å². The van der Waals surface area contributed by atoms with E-state index in [1.165, 1.54) is 22.7 Å². The number of aromatic nitrogens is 1. The Bertz CT molecular complexity index is 697. The normalized spacial score (nSPS) is 11.8. The van der Waals surface area contributed by atoms with E-state index in [1.54, 1.807) is 6.07 Å². The first kappa shape index (κ1) is 15.4. The van der Waals surface area contributed by atoms with Crippen LogP contribution in [0.1, 0.15) is 21.0 Å². The van der Waals surface area contributed by atoms with Crippen molar-refractivity contribution in [3.8, 4) is 0 Å². The van der Waals surface area contributed by atoms with Gasteiger partial charge in [-0.2, -0.15) is 0 Å². The molecule has 0 amide bonds. The predicted octanol–water partition coefficient (Wildman–Crippen LogP) is 2.65. The summed E-state index contributed by atoms with van der Waals surface area (Å²) in [6.45, 7) is 6.37. The highest BCUT2D eigenvalue weighted by Gasteiger charge is 2.20. The average molecular weight is 331 g/mol. The van der Waals surface area contributed by atoms with Crippen LogP contribution in [0.4, 0.5) is 5.13 Å². The van der Waals surface area contributed by atoms with E-state index in [4.69, 9.17) is 0 Å². The van der Waals surface area contributed by atoms with Crippen LogP contribution in [-0.4, -0.2) is 20.4 Å². The molecule has 2 aromatic rings. The zero-order valence-corrected chi connectivity index (χ0v) is 14.2. The average Bonchev–Trinajstić information content (AvgIpc) is 2.85. The molecule has 0 atom stereocenters. The van der Waals surface area contributed by atoms with Crippen LogP contribution in [0.2, 0.25) is 0 Å². The van der Waals surface area contributed by atoms with Gasteiger partial charge in [0.15, 0.2) is 5.13 Å². The number of sulfonamides is 1.